The van der Waals surface area contributed by atoms with Crippen molar-refractivity contribution in [2.24, 2.45) is 5.73 Å². The van der Waals surface area contributed by atoms with E-state index in [9.17, 15) is 4.79 Å². The smallest absolute Gasteiger partial charge is 0.238 e. The lowest BCUT2D eigenvalue weighted by Crippen LogP contribution is -2.60. The predicted octanol–water partition coefficient (Wildman–Crippen LogP) is -0.175. The second-order valence-corrected chi connectivity index (χ2v) is 4.84. The molecule has 0 saturated carbocycles. The number of methoxy groups -OCH3 is 2. The van der Waals surface area contributed by atoms with Crippen molar-refractivity contribution in [2.75, 3.05) is 53.6 Å². The Bertz CT molecular complexity index is 251. The van der Waals surface area contributed by atoms with Crippen LogP contribution in [-0.4, -0.2) is 70.0 Å². The third-order valence-electron chi connectivity index (χ3n) is 3.09. The lowest BCUT2D eigenvalue weighted by molar-refractivity contribution is -0.124. The zero-order valence-corrected chi connectivity index (χ0v) is 12.7. The fourth-order valence-electron chi connectivity index (χ4n) is 1.98. The summed E-state index contributed by atoms with van der Waals surface area (Å²) in [6.45, 7) is 8.05. The van der Waals surface area contributed by atoms with Crippen molar-refractivity contribution in [2.45, 2.75) is 25.8 Å². The lowest BCUT2D eigenvalue weighted by atomic mass is 10.0. The molecule has 0 radical (unpaired) electrons. The molecule has 19 heavy (non-hydrogen) atoms. The van der Waals surface area contributed by atoms with Crippen molar-refractivity contribution >= 4 is 5.91 Å². The zero-order chi connectivity index (χ0) is 14.7. The monoisotopic (exact) mass is 275 g/mol. The molecule has 0 fully saturated rings. The third kappa shape index (κ3) is 7.47. The first-order valence-corrected chi connectivity index (χ1v) is 6.75. The van der Waals surface area contributed by atoms with Crippen molar-refractivity contribution in [3.63, 3.8) is 0 Å². The van der Waals surface area contributed by atoms with E-state index in [0.29, 0.717) is 26.3 Å². The molecule has 0 aromatic carbocycles. The Morgan fingerprint density at radius 3 is 2.37 bits per heavy atom. The fraction of sp³-hybridized carbons (Fsp3) is 0.923. The number of ether oxygens (including phenoxy) is 2. The van der Waals surface area contributed by atoms with Crippen LogP contribution < -0.4 is 11.1 Å². The number of likely N-dealkylation sites (N-methyl/N-ethyl adjacent to an activating group) is 1. The first kappa shape index (κ1) is 18.3. The number of carbonyl (C=O) groups excluding carboxylic acids is 1. The molecule has 1 atom stereocenters. The summed E-state index contributed by atoms with van der Waals surface area (Å²) in [6.07, 6.45) is 0.918. The molecule has 0 bridgehead atoms. The molecule has 0 heterocycles. The van der Waals surface area contributed by atoms with E-state index < -0.39 is 5.54 Å². The summed E-state index contributed by atoms with van der Waals surface area (Å²) in [5, 5.41) is 3.17. The molecule has 114 valence electrons. The Morgan fingerprint density at radius 2 is 1.89 bits per heavy atom. The van der Waals surface area contributed by atoms with Gasteiger partial charge in [-0.1, -0.05) is 6.92 Å². The van der Waals surface area contributed by atoms with Gasteiger partial charge in [-0.3, -0.25) is 9.69 Å². The first-order chi connectivity index (χ1) is 9.00. The van der Waals surface area contributed by atoms with Gasteiger partial charge in [0.05, 0.1) is 6.61 Å². The van der Waals surface area contributed by atoms with Gasteiger partial charge in [-0.15, -0.1) is 0 Å². The van der Waals surface area contributed by atoms with E-state index in [1.54, 1.807) is 14.2 Å². The van der Waals surface area contributed by atoms with Crippen molar-refractivity contribution in [3.8, 4) is 0 Å². The number of carbonyl (C=O) groups is 1. The number of rotatable bonds is 12. The predicted molar refractivity (Wildman–Crippen MR) is 76.1 cm³/mol. The number of hydrogen-bond acceptors (Lipinski definition) is 5. The SMILES string of the molecule is CCNC(C)(CN(CCCOC)CCOC)C(N)=O. The zero-order valence-electron chi connectivity index (χ0n) is 12.7. The van der Waals surface area contributed by atoms with Crippen LogP contribution in [0.5, 0.6) is 0 Å². The molecule has 0 rings (SSSR count). The second kappa shape index (κ2) is 10.1. The highest BCUT2D eigenvalue weighted by atomic mass is 16.5. The number of nitrogens with zero attached hydrogens (tertiary/aromatic N) is 1. The van der Waals surface area contributed by atoms with Gasteiger partial charge in [-0.05, 0) is 19.9 Å². The van der Waals surface area contributed by atoms with Crippen LogP contribution in [0.25, 0.3) is 0 Å². The molecule has 1 unspecified atom stereocenters. The van der Waals surface area contributed by atoms with Gasteiger partial charge in [0.1, 0.15) is 5.54 Å². The van der Waals surface area contributed by atoms with Crippen LogP contribution >= 0.6 is 0 Å². The number of hydrogen-bond donors (Lipinski definition) is 2. The maximum absolute atomic E-state index is 11.6. The molecule has 0 saturated heterocycles. The van der Waals surface area contributed by atoms with E-state index >= 15 is 0 Å². The average Bonchev–Trinajstić information content (AvgIpc) is 2.36. The maximum Gasteiger partial charge on any atom is 0.238 e. The van der Waals surface area contributed by atoms with Gasteiger partial charge in [0.15, 0.2) is 0 Å². The van der Waals surface area contributed by atoms with Crippen LogP contribution in [0, 0.1) is 0 Å². The minimum absolute atomic E-state index is 0.330. The summed E-state index contributed by atoms with van der Waals surface area (Å²) in [6, 6.07) is 0. The Kier molecular flexibility index (Phi) is 9.77. The Labute approximate surface area is 116 Å². The van der Waals surface area contributed by atoms with Crippen molar-refractivity contribution in [1.82, 2.24) is 10.2 Å². The molecule has 0 aliphatic rings. The minimum atomic E-state index is -0.713. The number of amides is 1. The fourth-order valence-corrected chi connectivity index (χ4v) is 1.98. The molecule has 0 aromatic rings. The Hall–Kier alpha value is -0.690. The summed E-state index contributed by atoms with van der Waals surface area (Å²) in [7, 11) is 3.36. The van der Waals surface area contributed by atoms with Crippen LogP contribution in [0.3, 0.4) is 0 Å². The van der Waals surface area contributed by atoms with Crippen LogP contribution in [0.15, 0.2) is 0 Å². The molecule has 0 aromatic heterocycles. The number of nitrogens with one attached hydrogen (secondary N) is 1. The number of primary amides is 1. The molecular weight excluding hydrogens is 246 g/mol. The Morgan fingerprint density at radius 1 is 1.26 bits per heavy atom. The molecule has 6 heteroatoms. The molecule has 0 spiro atoms. The van der Waals surface area contributed by atoms with Crippen LogP contribution in [0.4, 0.5) is 0 Å². The summed E-state index contributed by atoms with van der Waals surface area (Å²) >= 11 is 0. The van der Waals surface area contributed by atoms with E-state index in [2.05, 4.69) is 10.2 Å². The molecule has 0 aliphatic heterocycles. The minimum Gasteiger partial charge on any atom is -0.385 e. The largest absolute Gasteiger partial charge is 0.385 e. The summed E-state index contributed by atoms with van der Waals surface area (Å²) in [4.78, 5) is 13.8. The normalized spacial score (nSPS) is 14.6. The third-order valence-corrected chi connectivity index (χ3v) is 3.09. The van der Waals surface area contributed by atoms with E-state index in [1.165, 1.54) is 0 Å². The summed E-state index contributed by atoms with van der Waals surface area (Å²) in [5.74, 6) is -0.330. The summed E-state index contributed by atoms with van der Waals surface area (Å²) in [5.41, 5.74) is 4.79. The van der Waals surface area contributed by atoms with Gasteiger partial charge in [0.25, 0.3) is 0 Å². The molecule has 1 amide bonds. The quantitative estimate of drug-likeness (QED) is 0.483. The molecular formula is C13H29N3O3. The highest BCUT2D eigenvalue weighted by Crippen LogP contribution is 2.07. The Balaban J connectivity index is 4.50. The first-order valence-electron chi connectivity index (χ1n) is 6.75. The molecule has 6 nitrogen and oxygen atoms in total. The summed E-state index contributed by atoms with van der Waals surface area (Å²) < 4.78 is 10.2. The number of nitrogens with two attached hydrogens (primary N) is 1. The van der Waals surface area contributed by atoms with Gasteiger partial charge < -0.3 is 20.5 Å². The molecule has 3 N–H and O–H groups in total. The van der Waals surface area contributed by atoms with Gasteiger partial charge in [-0.25, -0.2) is 0 Å². The van der Waals surface area contributed by atoms with Crippen LogP contribution in [0.2, 0.25) is 0 Å². The second-order valence-electron chi connectivity index (χ2n) is 4.84. The highest BCUT2D eigenvalue weighted by Gasteiger charge is 2.31. The van der Waals surface area contributed by atoms with Crippen molar-refractivity contribution < 1.29 is 14.3 Å². The highest BCUT2D eigenvalue weighted by molar-refractivity contribution is 5.84. The lowest BCUT2D eigenvalue weighted by Gasteiger charge is -2.33. The van der Waals surface area contributed by atoms with Crippen molar-refractivity contribution in [3.05, 3.63) is 0 Å². The van der Waals surface area contributed by atoms with Gasteiger partial charge >= 0.3 is 0 Å². The standard InChI is InChI=1S/C13H29N3O3/c1-5-15-13(2,12(14)17)11-16(8-10-19-4)7-6-9-18-3/h15H,5-11H2,1-4H3,(H2,14,17). The molecule has 0 aliphatic carbocycles. The van der Waals surface area contributed by atoms with Crippen LogP contribution in [-0.2, 0) is 14.3 Å². The van der Waals surface area contributed by atoms with E-state index in [-0.39, 0.29) is 5.91 Å². The van der Waals surface area contributed by atoms with Crippen molar-refractivity contribution in [1.29, 1.82) is 0 Å². The van der Waals surface area contributed by atoms with Gasteiger partial charge in [-0.2, -0.15) is 0 Å². The topological polar surface area (TPSA) is 76.8 Å². The maximum atomic E-state index is 11.6. The van der Waals surface area contributed by atoms with Crippen LogP contribution in [0.1, 0.15) is 20.3 Å². The van der Waals surface area contributed by atoms with E-state index in [1.807, 2.05) is 13.8 Å². The van der Waals surface area contributed by atoms with E-state index in [0.717, 1.165) is 19.5 Å². The van der Waals surface area contributed by atoms with E-state index in [4.69, 9.17) is 15.2 Å². The van der Waals surface area contributed by atoms with Gasteiger partial charge in [0, 0.05) is 40.5 Å². The average molecular weight is 275 g/mol. The van der Waals surface area contributed by atoms with Gasteiger partial charge in [0.2, 0.25) is 5.91 Å².